The Labute approximate surface area is 128 Å². The van der Waals surface area contributed by atoms with Crippen molar-refractivity contribution in [3.8, 4) is 0 Å². The van der Waals surface area contributed by atoms with E-state index < -0.39 is 0 Å². The Kier molecular flexibility index (Phi) is 4.77. The van der Waals surface area contributed by atoms with Crippen molar-refractivity contribution < 1.29 is 4.42 Å². The van der Waals surface area contributed by atoms with E-state index in [-0.39, 0.29) is 5.41 Å². The summed E-state index contributed by atoms with van der Waals surface area (Å²) >= 11 is 0. The Hall–Kier alpha value is -1.28. The standard InChI is InChI=1S/C19H29NO/c1-7-9-14-15-10-13(3)11-16(19(4,5)6)18(15)21-17(14)12-20-8-2/h10-11,20H,7-9,12H2,1-6H3. The van der Waals surface area contributed by atoms with Gasteiger partial charge in [0.25, 0.3) is 0 Å². The highest BCUT2D eigenvalue weighted by Gasteiger charge is 2.23. The molecule has 1 heterocycles. The number of fused-ring (bicyclic) bond motifs is 1. The highest BCUT2D eigenvalue weighted by molar-refractivity contribution is 5.86. The van der Waals surface area contributed by atoms with E-state index in [1.54, 1.807) is 0 Å². The quantitative estimate of drug-likeness (QED) is 0.827. The summed E-state index contributed by atoms with van der Waals surface area (Å²) in [7, 11) is 0. The molecular formula is C19H29NO. The zero-order chi connectivity index (χ0) is 15.6. The van der Waals surface area contributed by atoms with E-state index in [9.17, 15) is 0 Å². The van der Waals surface area contributed by atoms with Gasteiger partial charge in [-0.2, -0.15) is 0 Å². The Morgan fingerprint density at radius 3 is 2.43 bits per heavy atom. The summed E-state index contributed by atoms with van der Waals surface area (Å²) in [5.41, 5.74) is 5.21. The molecule has 0 bridgehead atoms. The van der Waals surface area contributed by atoms with Crippen LogP contribution in [0.2, 0.25) is 0 Å². The van der Waals surface area contributed by atoms with Crippen LogP contribution in [0.4, 0.5) is 0 Å². The first-order valence-corrected chi connectivity index (χ1v) is 8.14. The third-order valence-corrected chi connectivity index (χ3v) is 3.96. The van der Waals surface area contributed by atoms with Crippen LogP contribution in [-0.4, -0.2) is 6.54 Å². The summed E-state index contributed by atoms with van der Waals surface area (Å²) in [6, 6.07) is 4.56. The third-order valence-electron chi connectivity index (χ3n) is 3.96. The van der Waals surface area contributed by atoms with Crippen LogP contribution in [0.1, 0.15) is 63.5 Å². The average Bonchev–Trinajstić information content (AvgIpc) is 2.73. The second kappa shape index (κ2) is 6.23. The van der Waals surface area contributed by atoms with Gasteiger partial charge in [-0.1, -0.05) is 47.1 Å². The summed E-state index contributed by atoms with van der Waals surface area (Å²) in [5, 5.41) is 4.72. The highest BCUT2D eigenvalue weighted by atomic mass is 16.3. The molecule has 0 aliphatic rings. The first-order chi connectivity index (χ1) is 9.88. The van der Waals surface area contributed by atoms with Crippen molar-refractivity contribution in [2.75, 3.05) is 6.54 Å². The van der Waals surface area contributed by atoms with Crippen LogP contribution >= 0.6 is 0 Å². The van der Waals surface area contributed by atoms with Crippen LogP contribution in [0.25, 0.3) is 11.0 Å². The van der Waals surface area contributed by atoms with E-state index in [1.807, 2.05) is 0 Å². The molecule has 2 heteroatoms. The fourth-order valence-corrected chi connectivity index (χ4v) is 2.90. The van der Waals surface area contributed by atoms with Gasteiger partial charge in [-0.3, -0.25) is 0 Å². The molecule has 0 atom stereocenters. The SMILES string of the molecule is CCCc1c(CNCC)oc2c(C(C)(C)C)cc(C)cc12. The number of nitrogens with one attached hydrogen (secondary N) is 1. The lowest BCUT2D eigenvalue weighted by molar-refractivity contribution is 0.499. The van der Waals surface area contributed by atoms with E-state index in [0.717, 1.165) is 37.3 Å². The van der Waals surface area contributed by atoms with E-state index in [1.165, 1.54) is 22.1 Å². The number of benzene rings is 1. The van der Waals surface area contributed by atoms with Crippen molar-refractivity contribution in [3.63, 3.8) is 0 Å². The Morgan fingerprint density at radius 1 is 1.14 bits per heavy atom. The number of aryl methyl sites for hydroxylation is 2. The molecule has 2 rings (SSSR count). The zero-order valence-corrected chi connectivity index (χ0v) is 14.4. The topological polar surface area (TPSA) is 25.2 Å². The zero-order valence-electron chi connectivity index (χ0n) is 14.4. The molecule has 0 radical (unpaired) electrons. The molecule has 0 unspecified atom stereocenters. The van der Waals surface area contributed by atoms with E-state index >= 15 is 0 Å². The smallest absolute Gasteiger partial charge is 0.138 e. The second-order valence-corrected chi connectivity index (χ2v) is 6.97. The molecule has 0 fully saturated rings. The molecule has 0 saturated carbocycles. The largest absolute Gasteiger partial charge is 0.459 e. The summed E-state index contributed by atoms with van der Waals surface area (Å²) in [5.74, 6) is 1.12. The van der Waals surface area contributed by atoms with Crippen LogP contribution in [0.3, 0.4) is 0 Å². The maximum atomic E-state index is 6.30. The van der Waals surface area contributed by atoms with Gasteiger partial charge in [0.2, 0.25) is 0 Å². The van der Waals surface area contributed by atoms with Crippen molar-refractivity contribution in [3.05, 3.63) is 34.6 Å². The fourth-order valence-electron chi connectivity index (χ4n) is 2.90. The maximum Gasteiger partial charge on any atom is 0.138 e. The van der Waals surface area contributed by atoms with Crippen LogP contribution in [0.5, 0.6) is 0 Å². The third kappa shape index (κ3) is 3.32. The van der Waals surface area contributed by atoms with Gasteiger partial charge in [-0.15, -0.1) is 0 Å². The van der Waals surface area contributed by atoms with Gasteiger partial charge < -0.3 is 9.73 Å². The molecule has 1 N–H and O–H groups in total. The van der Waals surface area contributed by atoms with Gasteiger partial charge in [0.05, 0.1) is 6.54 Å². The lowest BCUT2D eigenvalue weighted by Crippen LogP contribution is -2.12. The molecule has 0 aliphatic carbocycles. The van der Waals surface area contributed by atoms with Gasteiger partial charge in [0, 0.05) is 16.5 Å². The summed E-state index contributed by atoms with van der Waals surface area (Å²) in [6.07, 6.45) is 2.23. The van der Waals surface area contributed by atoms with Crippen molar-refractivity contribution in [2.45, 2.75) is 66.3 Å². The van der Waals surface area contributed by atoms with Crippen molar-refractivity contribution >= 4 is 11.0 Å². The monoisotopic (exact) mass is 287 g/mol. The van der Waals surface area contributed by atoms with Crippen LogP contribution in [0.15, 0.2) is 16.5 Å². The predicted molar refractivity (Wildman–Crippen MR) is 91.0 cm³/mol. The highest BCUT2D eigenvalue weighted by Crippen LogP contribution is 2.36. The fraction of sp³-hybridized carbons (Fsp3) is 0.579. The second-order valence-electron chi connectivity index (χ2n) is 6.97. The van der Waals surface area contributed by atoms with Gasteiger partial charge >= 0.3 is 0 Å². The van der Waals surface area contributed by atoms with Crippen molar-refractivity contribution in [1.82, 2.24) is 5.32 Å². The number of furan rings is 1. The van der Waals surface area contributed by atoms with Crippen LogP contribution in [0, 0.1) is 6.92 Å². The van der Waals surface area contributed by atoms with E-state index in [4.69, 9.17) is 4.42 Å². The minimum atomic E-state index is 0.0983. The van der Waals surface area contributed by atoms with Gasteiger partial charge in [-0.05, 0) is 36.9 Å². The summed E-state index contributed by atoms with van der Waals surface area (Å²) in [4.78, 5) is 0. The first kappa shape index (κ1) is 16.1. The summed E-state index contributed by atoms with van der Waals surface area (Å²) in [6.45, 7) is 15.1. The van der Waals surface area contributed by atoms with E-state index in [2.05, 4.69) is 59.0 Å². The Balaban J connectivity index is 2.68. The predicted octanol–water partition coefficient (Wildman–Crippen LogP) is 5.10. The Bertz CT molecular complexity index is 617. The lowest BCUT2D eigenvalue weighted by Gasteiger charge is -2.20. The molecular weight excluding hydrogens is 258 g/mol. The minimum Gasteiger partial charge on any atom is -0.459 e. The lowest BCUT2D eigenvalue weighted by atomic mass is 9.84. The normalized spacial score (nSPS) is 12.3. The molecule has 2 nitrogen and oxygen atoms in total. The van der Waals surface area contributed by atoms with Gasteiger partial charge in [-0.25, -0.2) is 0 Å². The van der Waals surface area contributed by atoms with Gasteiger partial charge in [0.15, 0.2) is 0 Å². The van der Waals surface area contributed by atoms with Gasteiger partial charge in [0.1, 0.15) is 11.3 Å². The molecule has 0 saturated heterocycles. The first-order valence-electron chi connectivity index (χ1n) is 8.14. The minimum absolute atomic E-state index is 0.0983. The summed E-state index contributed by atoms with van der Waals surface area (Å²) < 4.78 is 6.30. The number of hydrogen-bond donors (Lipinski definition) is 1. The number of rotatable bonds is 5. The number of hydrogen-bond acceptors (Lipinski definition) is 2. The van der Waals surface area contributed by atoms with Crippen molar-refractivity contribution in [1.29, 1.82) is 0 Å². The maximum absolute atomic E-state index is 6.30. The van der Waals surface area contributed by atoms with E-state index in [0.29, 0.717) is 0 Å². The van der Waals surface area contributed by atoms with Crippen LogP contribution in [-0.2, 0) is 18.4 Å². The molecule has 0 spiro atoms. The Morgan fingerprint density at radius 2 is 1.86 bits per heavy atom. The van der Waals surface area contributed by atoms with Crippen molar-refractivity contribution in [2.24, 2.45) is 0 Å². The molecule has 1 aromatic carbocycles. The molecule has 0 aliphatic heterocycles. The molecule has 21 heavy (non-hydrogen) atoms. The molecule has 0 amide bonds. The molecule has 2 aromatic rings. The average molecular weight is 287 g/mol. The molecule has 1 aromatic heterocycles. The van der Waals surface area contributed by atoms with Crippen LogP contribution < -0.4 is 5.32 Å². The molecule has 116 valence electrons.